The van der Waals surface area contributed by atoms with Gasteiger partial charge in [0, 0.05) is 0 Å². The molecule has 0 aromatic heterocycles. The number of hydrogen-bond acceptors (Lipinski definition) is 8. The summed E-state index contributed by atoms with van der Waals surface area (Å²) in [5.41, 5.74) is 0. The molecule has 0 saturated carbocycles. The maximum Gasteiger partial charge on any atom is 0.264 e. The average molecular weight is 338 g/mol. The third-order valence-corrected chi connectivity index (χ3v) is 4.26. The summed E-state index contributed by atoms with van der Waals surface area (Å²) in [6.45, 7) is 6.98. The molecule has 3 rings (SSSR count). The summed E-state index contributed by atoms with van der Waals surface area (Å²) in [7, 11) is -3.57. The summed E-state index contributed by atoms with van der Waals surface area (Å²) in [4.78, 5) is 0. The fraction of sp³-hybridized carbons (Fsp3) is 1.00. The topological polar surface area (TPSA) is 89.5 Å². The molecule has 128 valence electrons. The fourth-order valence-electron chi connectivity index (χ4n) is 3.02. The van der Waals surface area contributed by atoms with E-state index in [1.54, 1.807) is 27.7 Å². The van der Waals surface area contributed by atoms with Gasteiger partial charge in [0.15, 0.2) is 17.9 Å². The predicted molar refractivity (Wildman–Crippen MR) is 73.3 cm³/mol. The highest BCUT2D eigenvalue weighted by atomic mass is 32.2. The van der Waals surface area contributed by atoms with E-state index >= 15 is 0 Å². The minimum atomic E-state index is -3.57. The lowest BCUT2D eigenvalue weighted by Gasteiger charge is -2.36. The average Bonchev–Trinajstić information content (AvgIpc) is 2.79. The highest BCUT2D eigenvalue weighted by Gasteiger charge is 2.60. The van der Waals surface area contributed by atoms with E-state index < -0.39 is 52.4 Å². The van der Waals surface area contributed by atoms with Gasteiger partial charge in [-0.3, -0.25) is 4.18 Å². The summed E-state index contributed by atoms with van der Waals surface area (Å²) >= 11 is 0. The molecule has 0 N–H and O–H groups in total. The van der Waals surface area contributed by atoms with E-state index in [-0.39, 0.29) is 6.61 Å². The smallest absolute Gasteiger partial charge is 0.264 e. The molecule has 0 aromatic carbocycles. The van der Waals surface area contributed by atoms with Crippen LogP contribution < -0.4 is 0 Å². The third-order valence-electron chi connectivity index (χ3n) is 3.70. The van der Waals surface area contributed by atoms with E-state index in [4.69, 9.17) is 27.9 Å². The minimum absolute atomic E-state index is 0.160. The first-order valence-corrected chi connectivity index (χ1v) is 8.99. The molecule has 0 amide bonds. The molecule has 0 aromatic rings. The Balaban J connectivity index is 1.81. The molecule has 5 atom stereocenters. The SMILES string of the molecule is CC1(C)O[C@@H]2O[C@@H](COS(C)(=O)=O)[C@H]3OC(C)(C)O[C@H]3[C@@H]2O1. The lowest BCUT2D eigenvalue weighted by molar-refractivity contribution is -0.238. The van der Waals surface area contributed by atoms with Gasteiger partial charge >= 0.3 is 0 Å². The fourth-order valence-corrected chi connectivity index (χ4v) is 3.40. The molecule has 0 bridgehead atoms. The van der Waals surface area contributed by atoms with E-state index in [0.29, 0.717) is 0 Å². The van der Waals surface area contributed by atoms with Crippen molar-refractivity contribution in [3.05, 3.63) is 0 Å². The van der Waals surface area contributed by atoms with Crippen molar-refractivity contribution < 1.29 is 36.3 Å². The molecule has 8 nitrogen and oxygen atoms in total. The number of hydrogen-bond donors (Lipinski definition) is 0. The maximum absolute atomic E-state index is 11.2. The van der Waals surface area contributed by atoms with Gasteiger partial charge in [0.1, 0.15) is 24.4 Å². The van der Waals surface area contributed by atoms with E-state index in [9.17, 15) is 8.42 Å². The molecule has 22 heavy (non-hydrogen) atoms. The van der Waals surface area contributed by atoms with Crippen LogP contribution in [0.15, 0.2) is 0 Å². The monoisotopic (exact) mass is 338 g/mol. The van der Waals surface area contributed by atoms with Crippen molar-refractivity contribution in [2.24, 2.45) is 0 Å². The van der Waals surface area contributed by atoms with Crippen molar-refractivity contribution in [3.63, 3.8) is 0 Å². The molecule has 3 aliphatic heterocycles. The summed E-state index contributed by atoms with van der Waals surface area (Å²) in [5, 5.41) is 0. The summed E-state index contributed by atoms with van der Waals surface area (Å²) in [5.74, 6) is -1.62. The van der Waals surface area contributed by atoms with Gasteiger partial charge in [-0.15, -0.1) is 0 Å². The normalized spacial score (nSPS) is 42.9. The number of fused-ring (bicyclic) bond motifs is 3. The second-order valence-corrected chi connectivity index (χ2v) is 8.34. The van der Waals surface area contributed by atoms with Crippen molar-refractivity contribution in [1.29, 1.82) is 0 Å². The van der Waals surface area contributed by atoms with Crippen LogP contribution in [0.2, 0.25) is 0 Å². The van der Waals surface area contributed by atoms with Crippen molar-refractivity contribution in [2.45, 2.75) is 70.0 Å². The largest absolute Gasteiger partial charge is 0.342 e. The summed E-state index contributed by atoms with van der Waals surface area (Å²) < 4.78 is 56.4. The lowest BCUT2D eigenvalue weighted by Crippen LogP contribution is -2.56. The van der Waals surface area contributed by atoms with Crippen LogP contribution in [0.5, 0.6) is 0 Å². The van der Waals surface area contributed by atoms with Crippen molar-refractivity contribution >= 4 is 10.1 Å². The van der Waals surface area contributed by atoms with Gasteiger partial charge in [0.25, 0.3) is 10.1 Å². The zero-order valence-electron chi connectivity index (χ0n) is 13.3. The molecule has 3 fully saturated rings. The molecule has 0 unspecified atom stereocenters. The third kappa shape index (κ3) is 3.30. The molecule has 0 spiro atoms. The molecule has 0 aliphatic carbocycles. The lowest BCUT2D eigenvalue weighted by atomic mass is 9.99. The molecule has 3 heterocycles. The zero-order chi connectivity index (χ0) is 16.3. The Morgan fingerprint density at radius 1 is 0.909 bits per heavy atom. The molecule has 9 heteroatoms. The van der Waals surface area contributed by atoms with Crippen LogP contribution in [-0.4, -0.2) is 63.6 Å². The number of rotatable bonds is 3. The Bertz CT molecular complexity index is 542. The van der Waals surface area contributed by atoms with Crippen LogP contribution >= 0.6 is 0 Å². The molecular formula is C13H22O8S. The number of ether oxygens (including phenoxy) is 5. The molecule has 3 saturated heterocycles. The highest BCUT2D eigenvalue weighted by molar-refractivity contribution is 7.85. The first-order valence-electron chi connectivity index (χ1n) is 7.17. The van der Waals surface area contributed by atoms with E-state index in [2.05, 4.69) is 0 Å². The Morgan fingerprint density at radius 3 is 2.09 bits per heavy atom. The van der Waals surface area contributed by atoms with Crippen LogP contribution in [0.1, 0.15) is 27.7 Å². The highest BCUT2D eigenvalue weighted by Crippen LogP contribution is 2.44. The zero-order valence-corrected chi connectivity index (χ0v) is 14.1. The van der Waals surface area contributed by atoms with Crippen molar-refractivity contribution in [1.82, 2.24) is 0 Å². The van der Waals surface area contributed by atoms with Crippen LogP contribution in [0.25, 0.3) is 0 Å². The second-order valence-electron chi connectivity index (χ2n) is 6.70. The van der Waals surface area contributed by atoms with Crippen LogP contribution in [0.3, 0.4) is 0 Å². The van der Waals surface area contributed by atoms with Crippen LogP contribution in [0.4, 0.5) is 0 Å². The van der Waals surface area contributed by atoms with E-state index in [1.165, 1.54) is 0 Å². The van der Waals surface area contributed by atoms with Gasteiger partial charge in [0.2, 0.25) is 0 Å². The first-order chi connectivity index (χ1) is 9.96. The van der Waals surface area contributed by atoms with Crippen molar-refractivity contribution in [2.75, 3.05) is 12.9 Å². The Kier molecular flexibility index (Phi) is 3.84. The van der Waals surface area contributed by atoms with E-state index in [1.807, 2.05) is 0 Å². The van der Waals surface area contributed by atoms with Crippen molar-refractivity contribution in [3.8, 4) is 0 Å². The standard InChI is InChI=1S/C13H22O8S/c1-12(2)18-8-7(6-16-22(5,14)15)17-11-10(9(8)19-12)20-13(3,4)21-11/h7-11H,6H2,1-5H3/t7-,8+,9+,10-,11-/m0/s1. The van der Waals surface area contributed by atoms with Gasteiger partial charge in [-0.1, -0.05) is 0 Å². The van der Waals surface area contributed by atoms with E-state index in [0.717, 1.165) is 6.26 Å². The van der Waals surface area contributed by atoms with Gasteiger partial charge in [-0.05, 0) is 27.7 Å². The minimum Gasteiger partial charge on any atom is -0.342 e. The maximum atomic E-state index is 11.2. The van der Waals surface area contributed by atoms with Gasteiger partial charge in [-0.25, -0.2) is 0 Å². The Hall–Kier alpha value is -0.290. The second kappa shape index (κ2) is 5.10. The Morgan fingerprint density at radius 2 is 1.45 bits per heavy atom. The predicted octanol–water partition coefficient (Wildman–Crippen LogP) is 0.359. The van der Waals surface area contributed by atoms with Crippen LogP contribution in [0, 0.1) is 0 Å². The molecular weight excluding hydrogens is 316 g/mol. The van der Waals surface area contributed by atoms with Gasteiger partial charge in [-0.2, -0.15) is 8.42 Å². The molecule has 0 radical (unpaired) electrons. The molecule has 3 aliphatic rings. The van der Waals surface area contributed by atoms with Crippen LogP contribution in [-0.2, 0) is 38.0 Å². The quantitative estimate of drug-likeness (QED) is 0.682. The van der Waals surface area contributed by atoms with Gasteiger partial charge in [0.05, 0.1) is 12.9 Å². The summed E-state index contributed by atoms with van der Waals surface area (Å²) in [6.07, 6.45) is -1.62. The summed E-state index contributed by atoms with van der Waals surface area (Å²) in [6, 6.07) is 0. The van der Waals surface area contributed by atoms with Gasteiger partial charge < -0.3 is 23.7 Å². The first kappa shape index (κ1) is 16.6. The Labute approximate surface area is 130 Å².